The van der Waals surface area contributed by atoms with Gasteiger partial charge in [0.15, 0.2) is 0 Å². The van der Waals surface area contributed by atoms with Gasteiger partial charge in [0.05, 0.1) is 35.9 Å². The lowest BCUT2D eigenvalue weighted by Crippen LogP contribution is -2.51. The Bertz CT molecular complexity index is 2140. The summed E-state index contributed by atoms with van der Waals surface area (Å²) in [4.78, 5) is 72.4. The second kappa shape index (κ2) is 16.9. The summed E-state index contributed by atoms with van der Waals surface area (Å²) < 4.78 is 4.77. The Morgan fingerprint density at radius 2 is 1.50 bits per heavy atom. The maximum absolute atomic E-state index is 13.7. The van der Waals surface area contributed by atoms with Crippen LogP contribution in [0, 0.1) is 23.7 Å². The van der Waals surface area contributed by atoms with Gasteiger partial charge in [-0.05, 0) is 74.3 Å². The van der Waals surface area contributed by atoms with E-state index in [9.17, 15) is 24.3 Å². The molecule has 2 saturated heterocycles. The number of methoxy groups -OCH3 is 1. The monoisotopic (exact) mass is 764 g/mol. The number of alkyl carbamates (subject to hydrolysis) is 1. The van der Waals surface area contributed by atoms with E-state index in [0.29, 0.717) is 18.9 Å². The number of aryl methyl sites for hydroxylation is 1. The molecule has 0 spiro atoms. The molecule has 2 fully saturated rings. The van der Waals surface area contributed by atoms with Gasteiger partial charge in [-0.2, -0.15) is 0 Å². The molecule has 2 aliphatic rings. The second-order valence-corrected chi connectivity index (χ2v) is 15.3. The van der Waals surface area contributed by atoms with Crippen molar-refractivity contribution < 1.29 is 29.0 Å². The molecule has 6 rings (SSSR count). The standard InChI is InChI=1S/C42H52N8O6/c1-8-29-35(46-38(43-29)33-12-9-21-49(33)39(51)34(24(2)3)47-41(53)56-7)28-18-15-26(16-19-28)13-14-27-17-20-30-31(23-27)45-37(44-30)32-11-10-22-50(32)40(52)36(25(4)5)48(6)42(54)55/h15-20,23-25,32-34,36H,8-12,21-22H2,1-7H3,(H,43,46)(H,44,45)(H,47,53)(H,54,55)/t32-,33?,34-,36-/m0/s1. The maximum atomic E-state index is 13.7. The quantitative estimate of drug-likeness (QED) is 0.137. The summed E-state index contributed by atoms with van der Waals surface area (Å²) in [5.41, 5.74) is 5.99. The van der Waals surface area contributed by atoms with E-state index in [0.717, 1.165) is 81.9 Å². The normalized spacial score (nSPS) is 17.9. The van der Waals surface area contributed by atoms with E-state index < -0.39 is 24.3 Å². The van der Waals surface area contributed by atoms with Crippen LogP contribution in [0.3, 0.4) is 0 Å². The fourth-order valence-electron chi connectivity index (χ4n) is 7.90. The molecule has 0 aliphatic carbocycles. The third-order valence-electron chi connectivity index (χ3n) is 10.9. The van der Waals surface area contributed by atoms with Crippen molar-refractivity contribution in [1.29, 1.82) is 0 Å². The van der Waals surface area contributed by atoms with Crippen LogP contribution in [-0.4, -0.2) is 103 Å². The molecular formula is C42H52N8O6. The number of hydrogen-bond acceptors (Lipinski definition) is 7. The number of fused-ring (bicyclic) bond motifs is 1. The van der Waals surface area contributed by atoms with Crippen molar-refractivity contribution >= 4 is 35.0 Å². The number of H-pyrrole nitrogens is 2. The van der Waals surface area contributed by atoms with Crippen LogP contribution in [0.5, 0.6) is 0 Å². The number of carbonyl (C=O) groups excluding carboxylic acids is 3. The highest BCUT2D eigenvalue weighted by atomic mass is 16.5. The number of aromatic nitrogens is 4. The summed E-state index contributed by atoms with van der Waals surface area (Å²) >= 11 is 0. The van der Waals surface area contributed by atoms with Gasteiger partial charge in [-0.1, -0.05) is 58.6 Å². The highest BCUT2D eigenvalue weighted by molar-refractivity contribution is 5.87. The van der Waals surface area contributed by atoms with E-state index in [1.165, 1.54) is 14.2 Å². The molecule has 0 radical (unpaired) electrons. The van der Waals surface area contributed by atoms with Crippen LogP contribution in [0.25, 0.3) is 22.3 Å². The fraction of sp³-hybridized carbons (Fsp3) is 0.476. The minimum atomic E-state index is -1.13. The second-order valence-electron chi connectivity index (χ2n) is 15.3. The van der Waals surface area contributed by atoms with Crippen LogP contribution in [0.1, 0.15) is 101 Å². The highest BCUT2D eigenvalue weighted by Crippen LogP contribution is 2.35. The van der Waals surface area contributed by atoms with E-state index in [1.807, 2.05) is 75.1 Å². The summed E-state index contributed by atoms with van der Waals surface area (Å²) in [5, 5.41) is 12.3. The Morgan fingerprint density at radius 1 is 0.893 bits per heavy atom. The predicted octanol–water partition coefficient (Wildman–Crippen LogP) is 6.26. The van der Waals surface area contributed by atoms with Gasteiger partial charge in [-0.3, -0.25) is 14.5 Å². The van der Waals surface area contributed by atoms with E-state index >= 15 is 0 Å². The van der Waals surface area contributed by atoms with Crippen molar-refractivity contribution in [3.63, 3.8) is 0 Å². The van der Waals surface area contributed by atoms with Gasteiger partial charge >= 0.3 is 12.2 Å². The Kier molecular flexibility index (Phi) is 12.0. The maximum Gasteiger partial charge on any atom is 0.407 e. The number of nitrogens with one attached hydrogen (secondary N) is 3. The van der Waals surface area contributed by atoms with Crippen LogP contribution in [0.15, 0.2) is 42.5 Å². The lowest BCUT2D eigenvalue weighted by Gasteiger charge is -2.33. The number of amides is 4. The lowest BCUT2D eigenvalue weighted by molar-refractivity contribution is -0.138. The molecule has 56 heavy (non-hydrogen) atoms. The molecule has 0 bridgehead atoms. The number of benzene rings is 2. The van der Waals surface area contributed by atoms with Gasteiger partial charge in [-0.25, -0.2) is 19.6 Å². The Labute approximate surface area is 327 Å². The zero-order valence-corrected chi connectivity index (χ0v) is 33.2. The van der Waals surface area contributed by atoms with Crippen LogP contribution in [0.2, 0.25) is 0 Å². The fourth-order valence-corrected chi connectivity index (χ4v) is 7.90. The van der Waals surface area contributed by atoms with Crippen molar-refractivity contribution in [3.8, 4) is 23.1 Å². The first-order chi connectivity index (χ1) is 26.8. The minimum absolute atomic E-state index is 0.115. The van der Waals surface area contributed by atoms with Crippen molar-refractivity contribution in [1.82, 2.24) is 40.0 Å². The number of hydrogen-bond donors (Lipinski definition) is 4. The van der Waals surface area contributed by atoms with Crippen molar-refractivity contribution in [2.24, 2.45) is 11.8 Å². The molecule has 0 saturated carbocycles. The molecule has 4 N–H and O–H groups in total. The number of ether oxygens (including phenoxy) is 1. The van der Waals surface area contributed by atoms with Gasteiger partial charge in [0.1, 0.15) is 23.7 Å². The van der Waals surface area contributed by atoms with Gasteiger partial charge in [0, 0.05) is 42.5 Å². The first-order valence-corrected chi connectivity index (χ1v) is 19.4. The van der Waals surface area contributed by atoms with Gasteiger partial charge in [-0.15, -0.1) is 0 Å². The molecule has 4 heterocycles. The number of carboxylic acid groups (broad SMARTS) is 1. The zero-order valence-electron chi connectivity index (χ0n) is 33.2. The van der Waals surface area contributed by atoms with E-state index in [1.54, 1.807) is 4.90 Å². The van der Waals surface area contributed by atoms with Crippen LogP contribution in [0.4, 0.5) is 9.59 Å². The SMILES string of the molecule is CCc1[nH]c(C2CCCN2C(=O)[C@@H](NC(=O)OC)C(C)C)nc1-c1ccc(C#Cc2ccc3nc([C@@H]4CCCN4C(=O)[C@H](C(C)C)N(C)C(=O)O)[nH]c3c2)cc1. The van der Waals surface area contributed by atoms with E-state index in [4.69, 9.17) is 14.7 Å². The van der Waals surface area contributed by atoms with Gasteiger partial charge in [0.25, 0.3) is 0 Å². The highest BCUT2D eigenvalue weighted by Gasteiger charge is 2.40. The number of imidazole rings is 2. The molecule has 1 unspecified atom stereocenters. The number of carbonyl (C=O) groups is 4. The van der Waals surface area contributed by atoms with Gasteiger partial charge in [0.2, 0.25) is 11.8 Å². The third-order valence-corrected chi connectivity index (χ3v) is 10.9. The summed E-state index contributed by atoms with van der Waals surface area (Å²) in [7, 11) is 2.73. The number of likely N-dealkylation sites (N-methyl/N-ethyl adjacent to an activating group) is 1. The number of rotatable bonds is 10. The predicted molar refractivity (Wildman–Crippen MR) is 211 cm³/mol. The summed E-state index contributed by atoms with van der Waals surface area (Å²) in [6.07, 6.45) is 2.13. The summed E-state index contributed by atoms with van der Waals surface area (Å²) in [6.45, 7) is 10.7. The van der Waals surface area contributed by atoms with Crippen molar-refractivity contribution in [2.45, 2.75) is 90.9 Å². The van der Waals surface area contributed by atoms with Crippen LogP contribution < -0.4 is 5.32 Å². The van der Waals surface area contributed by atoms with Crippen LogP contribution in [-0.2, 0) is 20.7 Å². The van der Waals surface area contributed by atoms with Crippen molar-refractivity contribution in [3.05, 3.63) is 70.9 Å². The molecule has 14 nitrogen and oxygen atoms in total. The van der Waals surface area contributed by atoms with E-state index in [-0.39, 0.29) is 35.7 Å². The molecular weight excluding hydrogens is 713 g/mol. The first kappa shape index (κ1) is 39.8. The molecule has 2 aromatic heterocycles. The summed E-state index contributed by atoms with van der Waals surface area (Å²) in [5.74, 6) is 7.30. The third kappa shape index (κ3) is 8.22. The molecule has 4 aromatic rings. The number of aromatic amines is 2. The first-order valence-electron chi connectivity index (χ1n) is 19.4. The molecule has 4 atom stereocenters. The molecule has 4 amide bonds. The van der Waals surface area contributed by atoms with Gasteiger partial charge < -0.3 is 34.9 Å². The largest absolute Gasteiger partial charge is 0.465 e. The van der Waals surface area contributed by atoms with Crippen molar-refractivity contribution in [2.75, 3.05) is 27.2 Å². The topological polar surface area (TPSA) is 177 Å². The smallest absolute Gasteiger partial charge is 0.407 e. The molecule has 2 aromatic carbocycles. The lowest BCUT2D eigenvalue weighted by atomic mass is 10.0. The Morgan fingerprint density at radius 3 is 2.09 bits per heavy atom. The summed E-state index contributed by atoms with van der Waals surface area (Å²) in [6, 6.07) is 11.8. The molecule has 296 valence electrons. The average Bonchev–Trinajstić information content (AvgIpc) is 4.01. The minimum Gasteiger partial charge on any atom is -0.465 e. The Balaban J connectivity index is 1.16. The average molecular weight is 765 g/mol. The van der Waals surface area contributed by atoms with Crippen LogP contribution >= 0.6 is 0 Å². The molecule has 14 heteroatoms. The number of likely N-dealkylation sites (tertiary alicyclic amines) is 2. The zero-order chi connectivity index (χ0) is 40.3. The van der Waals surface area contributed by atoms with E-state index in [2.05, 4.69) is 34.0 Å². The Hall–Kier alpha value is -5.84. The number of nitrogens with zero attached hydrogens (tertiary/aromatic N) is 5. The molecule has 2 aliphatic heterocycles.